The maximum atomic E-state index is 13.1. The van der Waals surface area contributed by atoms with Gasteiger partial charge in [-0.3, -0.25) is 19.8 Å². The minimum absolute atomic E-state index is 0.0190. The van der Waals surface area contributed by atoms with Crippen molar-refractivity contribution >= 4 is 86.1 Å². The van der Waals surface area contributed by atoms with E-state index >= 15 is 0 Å². The third-order valence-corrected chi connectivity index (χ3v) is 5.96. The van der Waals surface area contributed by atoms with Gasteiger partial charge in [0.1, 0.15) is 17.9 Å². The molecule has 0 bridgehead atoms. The minimum Gasteiger partial charge on any atom is -0.487 e. The number of benzene rings is 2. The lowest BCUT2D eigenvalue weighted by molar-refractivity contribution is -0.122. The summed E-state index contributed by atoms with van der Waals surface area (Å²) in [7, 11) is 0. The zero-order valence-corrected chi connectivity index (χ0v) is 20.5. The highest BCUT2D eigenvalue weighted by atomic mass is 127. The first-order chi connectivity index (χ1) is 13.8. The number of thiocarbonyl (C=S) groups is 1. The average Bonchev–Trinajstić information content (AvgIpc) is 2.66. The van der Waals surface area contributed by atoms with E-state index < -0.39 is 11.8 Å². The zero-order chi connectivity index (χ0) is 21.1. The maximum absolute atomic E-state index is 13.1. The van der Waals surface area contributed by atoms with E-state index in [9.17, 15) is 9.59 Å². The highest BCUT2D eigenvalue weighted by Gasteiger charge is 2.34. The van der Waals surface area contributed by atoms with Gasteiger partial charge in [0.2, 0.25) is 0 Å². The number of anilines is 1. The second kappa shape index (κ2) is 9.35. The Bertz CT molecular complexity index is 1030. The topological polar surface area (TPSA) is 58.6 Å². The quantitative estimate of drug-likeness (QED) is 0.173. The van der Waals surface area contributed by atoms with Crippen LogP contribution in [0.3, 0.4) is 0 Å². The second-order valence-corrected chi connectivity index (χ2v) is 8.92. The molecule has 148 valence electrons. The van der Waals surface area contributed by atoms with E-state index in [4.69, 9.17) is 17.0 Å². The Kier molecular flexibility index (Phi) is 7.06. The molecule has 0 aliphatic carbocycles. The van der Waals surface area contributed by atoms with E-state index in [2.05, 4.69) is 57.1 Å². The van der Waals surface area contributed by atoms with Gasteiger partial charge in [-0.15, -0.1) is 0 Å². The van der Waals surface area contributed by atoms with Crippen molar-refractivity contribution in [3.05, 3.63) is 72.9 Å². The molecule has 0 radical (unpaired) electrons. The van der Waals surface area contributed by atoms with E-state index in [0.29, 0.717) is 12.3 Å². The number of carbonyl (C=O) groups is 2. The van der Waals surface area contributed by atoms with Crippen molar-refractivity contribution in [1.82, 2.24) is 5.32 Å². The maximum Gasteiger partial charge on any atom is 0.270 e. The number of ether oxygens (including phenoxy) is 1. The van der Waals surface area contributed by atoms with Crippen molar-refractivity contribution in [2.45, 2.75) is 6.92 Å². The lowest BCUT2D eigenvalue weighted by atomic mass is 10.1. The number of rotatable bonds is 5. The van der Waals surface area contributed by atoms with Crippen molar-refractivity contribution in [3.63, 3.8) is 0 Å². The van der Waals surface area contributed by atoms with Gasteiger partial charge in [0, 0.05) is 0 Å². The molecule has 1 aliphatic heterocycles. The Morgan fingerprint density at radius 3 is 2.38 bits per heavy atom. The highest BCUT2D eigenvalue weighted by molar-refractivity contribution is 14.1. The fourth-order valence-electron chi connectivity index (χ4n) is 2.70. The van der Waals surface area contributed by atoms with Crippen molar-refractivity contribution in [1.29, 1.82) is 0 Å². The lowest BCUT2D eigenvalue weighted by Crippen LogP contribution is -2.54. The Morgan fingerprint density at radius 1 is 1.17 bits per heavy atom. The predicted molar refractivity (Wildman–Crippen MR) is 135 cm³/mol. The van der Waals surface area contributed by atoms with Crippen molar-refractivity contribution in [3.8, 4) is 5.75 Å². The molecule has 2 amide bonds. The molecule has 2 aromatic rings. The minimum atomic E-state index is -0.514. The number of hydrogen-bond acceptors (Lipinski definition) is 4. The van der Waals surface area contributed by atoms with Crippen molar-refractivity contribution in [2.75, 3.05) is 11.5 Å². The van der Waals surface area contributed by atoms with Crippen LogP contribution in [0.2, 0.25) is 0 Å². The zero-order valence-electron chi connectivity index (χ0n) is 15.4. The number of halogens is 2. The van der Waals surface area contributed by atoms with Crippen LogP contribution in [0.4, 0.5) is 5.69 Å². The SMILES string of the molecule is C=CCOc1c(I)cc(/C=C2\C(=O)NC(=S)N(c3ccc(C)cc3)C2=O)cc1I. The lowest BCUT2D eigenvalue weighted by Gasteiger charge is -2.29. The van der Waals surface area contributed by atoms with Crippen molar-refractivity contribution in [2.24, 2.45) is 0 Å². The molecule has 0 spiro atoms. The standard InChI is InChI=1S/C21H16I2N2O3S/c1-3-8-28-18-16(22)10-13(11-17(18)23)9-15-19(26)24-21(29)25(20(15)27)14-6-4-12(2)5-7-14/h3-7,9-11H,1,8H2,2H3,(H,24,26,29)/b15-9+. The van der Waals surface area contributed by atoms with Gasteiger partial charge in [0.25, 0.3) is 11.8 Å². The van der Waals surface area contributed by atoms with Crippen LogP contribution >= 0.6 is 57.4 Å². The molecule has 8 heteroatoms. The van der Waals surface area contributed by atoms with Crippen LogP contribution in [0, 0.1) is 14.1 Å². The van der Waals surface area contributed by atoms with Crippen LogP contribution in [0.15, 0.2) is 54.6 Å². The summed E-state index contributed by atoms with van der Waals surface area (Å²) in [5.74, 6) is -0.227. The van der Waals surface area contributed by atoms with E-state index in [-0.39, 0.29) is 10.7 Å². The highest BCUT2D eigenvalue weighted by Crippen LogP contribution is 2.30. The normalized spacial score (nSPS) is 15.5. The van der Waals surface area contributed by atoms with Crippen LogP contribution < -0.4 is 15.0 Å². The van der Waals surface area contributed by atoms with Gasteiger partial charge in [-0.25, -0.2) is 0 Å². The molecule has 5 nitrogen and oxygen atoms in total. The van der Waals surface area contributed by atoms with E-state index in [0.717, 1.165) is 24.0 Å². The number of aryl methyl sites for hydroxylation is 1. The number of carbonyl (C=O) groups excluding carboxylic acids is 2. The fourth-order valence-corrected chi connectivity index (χ4v) is 5.10. The Labute approximate surface area is 201 Å². The van der Waals surface area contributed by atoms with E-state index in [1.165, 1.54) is 4.90 Å². The molecule has 2 aromatic carbocycles. The molecule has 1 aliphatic rings. The summed E-state index contributed by atoms with van der Waals surface area (Å²) in [5.41, 5.74) is 2.41. The van der Waals surface area contributed by atoms with Crippen LogP contribution in [-0.2, 0) is 9.59 Å². The van der Waals surface area contributed by atoms with E-state index in [1.54, 1.807) is 24.3 Å². The Morgan fingerprint density at radius 2 is 1.79 bits per heavy atom. The first kappa shape index (κ1) is 21.9. The summed E-state index contributed by atoms with van der Waals surface area (Å²) in [6.07, 6.45) is 3.25. The largest absolute Gasteiger partial charge is 0.487 e. The number of nitrogens with zero attached hydrogens (tertiary/aromatic N) is 1. The van der Waals surface area contributed by atoms with Crippen LogP contribution in [0.5, 0.6) is 5.75 Å². The van der Waals surface area contributed by atoms with Crippen LogP contribution in [-0.4, -0.2) is 23.5 Å². The van der Waals surface area contributed by atoms with Gasteiger partial charge >= 0.3 is 0 Å². The number of nitrogens with one attached hydrogen (secondary N) is 1. The van der Waals surface area contributed by atoms with Gasteiger partial charge in [0.05, 0.1) is 12.8 Å². The monoisotopic (exact) mass is 630 g/mol. The summed E-state index contributed by atoms with van der Waals surface area (Å²) < 4.78 is 7.42. The number of amides is 2. The summed E-state index contributed by atoms with van der Waals surface area (Å²) in [5, 5.41) is 2.67. The molecule has 3 rings (SSSR count). The van der Waals surface area contributed by atoms with Gasteiger partial charge < -0.3 is 4.74 Å². The molecule has 1 N–H and O–H groups in total. The smallest absolute Gasteiger partial charge is 0.270 e. The third kappa shape index (κ3) is 4.86. The Balaban J connectivity index is 1.98. The summed E-state index contributed by atoms with van der Waals surface area (Å²) in [6.45, 7) is 6.01. The van der Waals surface area contributed by atoms with Crippen LogP contribution in [0.25, 0.3) is 6.08 Å². The summed E-state index contributed by atoms with van der Waals surface area (Å²) in [6, 6.07) is 11.1. The number of hydrogen-bond donors (Lipinski definition) is 1. The van der Waals surface area contributed by atoms with E-state index in [1.807, 2.05) is 31.2 Å². The predicted octanol–water partition coefficient (Wildman–Crippen LogP) is 4.60. The molecule has 1 saturated heterocycles. The Hall–Kier alpha value is -1.79. The molecule has 0 unspecified atom stereocenters. The van der Waals surface area contributed by atoms with Gasteiger partial charge in [0.15, 0.2) is 5.11 Å². The second-order valence-electron chi connectivity index (χ2n) is 6.21. The third-order valence-electron chi connectivity index (χ3n) is 4.07. The fraction of sp³-hybridized carbons (Fsp3) is 0.0952. The molecule has 0 aromatic heterocycles. The van der Waals surface area contributed by atoms with Gasteiger partial charge in [-0.05, 0) is 100 Å². The van der Waals surface area contributed by atoms with Crippen LogP contribution in [0.1, 0.15) is 11.1 Å². The van der Waals surface area contributed by atoms with Gasteiger partial charge in [-0.1, -0.05) is 30.4 Å². The molecule has 0 atom stereocenters. The molecule has 29 heavy (non-hydrogen) atoms. The van der Waals surface area contributed by atoms with Gasteiger partial charge in [-0.2, -0.15) is 0 Å². The molecule has 1 heterocycles. The first-order valence-electron chi connectivity index (χ1n) is 8.52. The first-order valence-corrected chi connectivity index (χ1v) is 11.1. The molecular weight excluding hydrogens is 614 g/mol. The molecular formula is C21H16I2N2O3S. The average molecular weight is 630 g/mol. The molecule has 0 saturated carbocycles. The summed E-state index contributed by atoms with van der Waals surface area (Å²) >= 11 is 9.56. The summed E-state index contributed by atoms with van der Waals surface area (Å²) in [4.78, 5) is 26.9. The van der Waals surface area contributed by atoms with Crippen molar-refractivity contribution < 1.29 is 14.3 Å². The molecule has 1 fully saturated rings.